The van der Waals surface area contributed by atoms with Crippen molar-refractivity contribution in [2.45, 2.75) is 125 Å². The minimum atomic E-state index is -0.594. The second-order valence-electron chi connectivity index (χ2n) is 18.0. The van der Waals surface area contributed by atoms with Crippen LogP contribution in [0.25, 0.3) is 0 Å². The van der Waals surface area contributed by atoms with Gasteiger partial charge in [-0.1, -0.05) is 77.4 Å². The zero-order valence-corrected chi connectivity index (χ0v) is 30.5. The smallest absolute Gasteiger partial charge is 0.315 e. The SMILES string of the molecule is COC(=O)CC(=O)N[C@H]1CC[C@]2(C)[C@H]3C(=O)C=C4[C@@H]5C[C@@](C)(C(=O)OCc6ccccc6)CC[C@]5(C)CC[C@@]4(C)[C@]3(C)CC[C@H]2C1(C)C. The van der Waals surface area contributed by atoms with Crippen LogP contribution in [0.4, 0.5) is 0 Å². The fourth-order valence-electron chi connectivity index (χ4n) is 12.0. The minimum absolute atomic E-state index is 0.0532. The van der Waals surface area contributed by atoms with Crippen LogP contribution in [0, 0.1) is 50.2 Å². The fourth-order valence-corrected chi connectivity index (χ4v) is 12.0. The number of ether oxygens (including phenoxy) is 2. The minimum Gasteiger partial charge on any atom is -0.469 e. The van der Waals surface area contributed by atoms with Crippen LogP contribution in [0.3, 0.4) is 0 Å². The zero-order chi connectivity index (χ0) is 34.9. The van der Waals surface area contributed by atoms with Crippen molar-refractivity contribution < 1.29 is 28.7 Å². The Bertz CT molecular complexity index is 1520. The van der Waals surface area contributed by atoms with Gasteiger partial charge in [-0.2, -0.15) is 0 Å². The average Bonchev–Trinajstić information content (AvgIpc) is 3.03. The summed E-state index contributed by atoms with van der Waals surface area (Å²) in [5.41, 5.74) is 0.912. The highest BCUT2D eigenvalue weighted by atomic mass is 16.5. The molecule has 0 unspecified atom stereocenters. The van der Waals surface area contributed by atoms with Gasteiger partial charge in [0.1, 0.15) is 13.0 Å². The lowest BCUT2D eigenvalue weighted by Gasteiger charge is -2.70. The highest BCUT2D eigenvalue weighted by Gasteiger charge is 2.70. The summed E-state index contributed by atoms with van der Waals surface area (Å²) in [5, 5.41) is 3.17. The Morgan fingerprint density at radius 1 is 0.875 bits per heavy atom. The molecule has 1 N–H and O–H groups in total. The van der Waals surface area contributed by atoms with Crippen LogP contribution < -0.4 is 5.32 Å². The van der Waals surface area contributed by atoms with Crippen LogP contribution in [-0.4, -0.2) is 36.8 Å². The van der Waals surface area contributed by atoms with E-state index in [0.717, 1.165) is 56.9 Å². The molecule has 7 heteroatoms. The number of rotatable bonds is 6. The van der Waals surface area contributed by atoms with E-state index in [-0.39, 0.29) is 81.6 Å². The summed E-state index contributed by atoms with van der Waals surface area (Å²) in [6.07, 6.45) is 9.95. The maximum absolute atomic E-state index is 14.8. The molecule has 0 radical (unpaired) electrons. The number of esters is 2. The predicted molar refractivity (Wildman–Crippen MR) is 184 cm³/mol. The van der Waals surface area contributed by atoms with Crippen LogP contribution in [-0.2, 0) is 35.3 Å². The first-order valence-electron chi connectivity index (χ1n) is 18.3. The van der Waals surface area contributed by atoms with Gasteiger partial charge in [-0.3, -0.25) is 19.2 Å². The lowest BCUT2D eigenvalue weighted by Crippen LogP contribution is -2.67. The summed E-state index contributed by atoms with van der Waals surface area (Å²) in [5.74, 6) is -0.417. The van der Waals surface area contributed by atoms with E-state index in [9.17, 15) is 19.2 Å². The van der Waals surface area contributed by atoms with E-state index in [1.54, 1.807) is 0 Å². The predicted octanol–water partition coefficient (Wildman–Crippen LogP) is 7.76. The van der Waals surface area contributed by atoms with Gasteiger partial charge in [0.15, 0.2) is 5.78 Å². The molecule has 4 saturated carbocycles. The molecule has 0 saturated heterocycles. The first kappa shape index (κ1) is 34.9. The highest BCUT2D eigenvalue weighted by Crippen LogP contribution is 2.75. The first-order valence-corrected chi connectivity index (χ1v) is 18.3. The number of benzene rings is 1. The molecule has 48 heavy (non-hydrogen) atoms. The van der Waals surface area contributed by atoms with Crippen LogP contribution >= 0.6 is 0 Å². The largest absolute Gasteiger partial charge is 0.469 e. The normalized spacial score (nSPS) is 41.3. The first-order chi connectivity index (χ1) is 22.4. The van der Waals surface area contributed by atoms with Gasteiger partial charge in [0.05, 0.1) is 12.5 Å². The number of hydrogen-bond donors (Lipinski definition) is 1. The molecule has 0 heterocycles. The van der Waals surface area contributed by atoms with E-state index < -0.39 is 11.4 Å². The average molecular weight is 660 g/mol. The zero-order valence-electron chi connectivity index (χ0n) is 30.5. The molecular formula is C41H57NO6. The highest BCUT2D eigenvalue weighted by molar-refractivity contribution is 5.96. The van der Waals surface area contributed by atoms with Crippen molar-refractivity contribution in [1.29, 1.82) is 0 Å². The summed E-state index contributed by atoms with van der Waals surface area (Å²) in [7, 11) is 1.30. The van der Waals surface area contributed by atoms with Crippen molar-refractivity contribution >= 4 is 23.6 Å². The third-order valence-electron chi connectivity index (χ3n) is 15.2. The molecular weight excluding hydrogens is 602 g/mol. The van der Waals surface area contributed by atoms with Crippen molar-refractivity contribution in [1.82, 2.24) is 5.32 Å². The summed E-state index contributed by atoms with van der Waals surface area (Å²) < 4.78 is 10.7. The van der Waals surface area contributed by atoms with Crippen LogP contribution in [0.2, 0.25) is 0 Å². The number of carbonyl (C=O) groups excluding carboxylic acids is 4. The Morgan fingerprint density at radius 3 is 2.25 bits per heavy atom. The number of methoxy groups -OCH3 is 1. The van der Waals surface area contributed by atoms with Gasteiger partial charge in [0.2, 0.25) is 5.91 Å². The van der Waals surface area contributed by atoms with Gasteiger partial charge >= 0.3 is 11.9 Å². The molecule has 0 aromatic heterocycles. The molecule has 0 spiro atoms. The topological polar surface area (TPSA) is 98.8 Å². The Labute approximate surface area is 287 Å². The van der Waals surface area contributed by atoms with E-state index in [1.165, 1.54) is 12.7 Å². The Balaban J connectivity index is 1.28. The molecule has 1 amide bonds. The third-order valence-corrected chi connectivity index (χ3v) is 15.2. The van der Waals surface area contributed by atoms with Gasteiger partial charge in [-0.05, 0) is 115 Å². The molecule has 6 rings (SSSR count). The Hall–Kier alpha value is -2.96. The number of fused-ring (bicyclic) bond motifs is 7. The number of amides is 1. The Kier molecular flexibility index (Phi) is 8.60. The summed E-state index contributed by atoms with van der Waals surface area (Å²) in [6, 6.07) is 9.79. The second kappa shape index (κ2) is 11.8. The lowest BCUT2D eigenvalue weighted by atomic mass is 9.33. The molecule has 5 aliphatic carbocycles. The summed E-state index contributed by atoms with van der Waals surface area (Å²) in [6.45, 7) is 16.4. The van der Waals surface area contributed by atoms with Crippen molar-refractivity contribution in [2.75, 3.05) is 7.11 Å². The molecule has 0 bridgehead atoms. The van der Waals surface area contributed by atoms with Gasteiger partial charge in [0, 0.05) is 12.0 Å². The van der Waals surface area contributed by atoms with Crippen LogP contribution in [0.5, 0.6) is 0 Å². The van der Waals surface area contributed by atoms with Gasteiger partial charge < -0.3 is 14.8 Å². The molecule has 4 fully saturated rings. The maximum Gasteiger partial charge on any atom is 0.315 e. The van der Waals surface area contributed by atoms with E-state index in [2.05, 4.69) is 59.9 Å². The van der Waals surface area contributed by atoms with E-state index in [1.807, 2.05) is 30.3 Å². The van der Waals surface area contributed by atoms with E-state index in [0.29, 0.717) is 6.42 Å². The fraction of sp³-hybridized carbons (Fsp3) is 0.707. The standard InChI is InChI=1S/C41H57NO6/c1-36(2)30-14-17-41(7)34(39(30,5)16-15-31(36)42-32(44)23-33(45)47-8)29(43)22-27-28-24-38(4,19-18-37(28,3)20-21-40(27,41)6)35(46)48-25-26-12-10-9-11-13-26/h9-13,22,28,30-31,34H,14-21,23-25H2,1-8H3,(H,42,44)/t28-,30-,31-,34+,37+,38-,39-,40+,41+/m0/s1. The van der Waals surface area contributed by atoms with E-state index >= 15 is 0 Å². The molecule has 7 nitrogen and oxygen atoms in total. The van der Waals surface area contributed by atoms with Crippen LogP contribution in [0.1, 0.15) is 118 Å². The molecule has 5 aliphatic rings. The molecule has 0 aliphatic heterocycles. The van der Waals surface area contributed by atoms with Crippen molar-refractivity contribution in [3.8, 4) is 0 Å². The van der Waals surface area contributed by atoms with Gasteiger partial charge in [-0.15, -0.1) is 0 Å². The van der Waals surface area contributed by atoms with Crippen LogP contribution in [0.15, 0.2) is 42.0 Å². The maximum atomic E-state index is 14.8. The number of allylic oxidation sites excluding steroid dienone is 2. The molecule has 262 valence electrons. The quantitative estimate of drug-likeness (QED) is 0.248. The molecule has 1 aromatic rings. The number of carbonyl (C=O) groups is 4. The second-order valence-corrected chi connectivity index (χ2v) is 18.0. The lowest BCUT2D eigenvalue weighted by molar-refractivity contribution is -0.190. The van der Waals surface area contributed by atoms with Gasteiger partial charge in [0.25, 0.3) is 0 Å². The summed E-state index contributed by atoms with van der Waals surface area (Å²) >= 11 is 0. The van der Waals surface area contributed by atoms with Crippen molar-refractivity contribution in [3.05, 3.63) is 47.5 Å². The Morgan fingerprint density at radius 2 is 1.56 bits per heavy atom. The van der Waals surface area contributed by atoms with Crippen molar-refractivity contribution in [2.24, 2.45) is 50.2 Å². The summed E-state index contributed by atoms with van der Waals surface area (Å²) in [4.78, 5) is 53.0. The molecule has 9 atom stereocenters. The monoisotopic (exact) mass is 659 g/mol. The van der Waals surface area contributed by atoms with E-state index in [4.69, 9.17) is 9.47 Å². The molecule has 1 aromatic carbocycles. The number of hydrogen-bond acceptors (Lipinski definition) is 6. The number of ketones is 1. The third kappa shape index (κ3) is 5.28. The van der Waals surface area contributed by atoms with Gasteiger partial charge in [-0.25, -0.2) is 0 Å². The van der Waals surface area contributed by atoms with Crippen molar-refractivity contribution in [3.63, 3.8) is 0 Å². The number of nitrogens with one attached hydrogen (secondary N) is 1.